The summed E-state index contributed by atoms with van der Waals surface area (Å²) in [7, 11) is -4.00. The molecule has 1 N–H and O–H groups in total. The van der Waals surface area contributed by atoms with E-state index in [9.17, 15) is 18.5 Å². The maximum absolute atomic E-state index is 13.4. The summed E-state index contributed by atoms with van der Waals surface area (Å²) >= 11 is 12.0. The van der Waals surface area contributed by atoms with Crippen LogP contribution in [-0.2, 0) is 26.8 Å². The molecule has 0 aromatic heterocycles. The molecule has 0 saturated heterocycles. The number of nitrogens with one attached hydrogen (secondary N) is 1. The minimum Gasteiger partial charge on any atom is -0.325 e. The molecule has 9 heteroatoms. The van der Waals surface area contributed by atoms with Gasteiger partial charge in [0.05, 0.1) is 22.9 Å². The van der Waals surface area contributed by atoms with Crippen molar-refractivity contribution in [3.63, 3.8) is 0 Å². The van der Waals surface area contributed by atoms with E-state index in [0.29, 0.717) is 21.3 Å². The predicted octanol–water partition coefficient (Wildman–Crippen LogP) is 5.38. The van der Waals surface area contributed by atoms with Crippen LogP contribution in [0, 0.1) is 11.3 Å². The molecule has 0 radical (unpaired) electrons. The number of rotatable bonds is 8. The molecule has 1 saturated carbocycles. The van der Waals surface area contributed by atoms with Gasteiger partial charge in [-0.1, -0.05) is 47.5 Å². The zero-order chi connectivity index (χ0) is 24.3. The number of anilines is 1. The Labute approximate surface area is 208 Å². The van der Waals surface area contributed by atoms with Gasteiger partial charge >= 0.3 is 0 Å². The molecule has 34 heavy (non-hydrogen) atoms. The normalized spacial score (nSPS) is 14.4. The van der Waals surface area contributed by atoms with Crippen molar-refractivity contribution in [2.75, 3.05) is 11.9 Å². The van der Waals surface area contributed by atoms with E-state index in [1.807, 2.05) is 12.1 Å². The lowest BCUT2D eigenvalue weighted by atomic mass is 9.98. The van der Waals surface area contributed by atoms with E-state index in [1.54, 1.807) is 36.4 Å². The van der Waals surface area contributed by atoms with Crippen LogP contribution in [0.5, 0.6) is 0 Å². The second-order valence-electron chi connectivity index (χ2n) is 8.18. The Balaban J connectivity index is 1.54. The maximum Gasteiger partial charge on any atom is 0.243 e. The highest BCUT2D eigenvalue weighted by atomic mass is 35.5. The smallest absolute Gasteiger partial charge is 0.243 e. The molecule has 4 rings (SSSR count). The van der Waals surface area contributed by atoms with E-state index < -0.39 is 27.9 Å². The molecule has 3 aromatic rings. The van der Waals surface area contributed by atoms with Gasteiger partial charge in [-0.2, -0.15) is 9.57 Å². The van der Waals surface area contributed by atoms with Gasteiger partial charge in [0.1, 0.15) is 0 Å². The third kappa shape index (κ3) is 5.43. The van der Waals surface area contributed by atoms with Gasteiger partial charge in [-0.25, -0.2) is 8.42 Å². The third-order valence-electron chi connectivity index (χ3n) is 5.70. The van der Waals surface area contributed by atoms with Crippen molar-refractivity contribution in [3.05, 3.63) is 94.0 Å². The van der Waals surface area contributed by atoms with Crippen molar-refractivity contribution in [3.8, 4) is 6.07 Å². The van der Waals surface area contributed by atoms with E-state index >= 15 is 0 Å². The highest BCUT2D eigenvalue weighted by molar-refractivity contribution is 7.89. The van der Waals surface area contributed by atoms with Gasteiger partial charge in [0.2, 0.25) is 15.9 Å². The topological polar surface area (TPSA) is 90.3 Å². The minimum atomic E-state index is -4.00. The van der Waals surface area contributed by atoms with Crippen LogP contribution < -0.4 is 5.32 Å². The standard InChI is InChI=1S/C25H21Cl2N3O3S/c26-20-6-10-23(11-7-20)34(32,33)30(15-18-2-1-3-21(27)14-18)16-24(31)29-22-8-4-19(5-9-22)25(17-28)12-13-25/h1-11,14H,12-13,15-16H2,(H,29,31). The summed E-state index contributed by atoms with van der Waals surface area (Å²) in [6.07, 6.45) is 1.66. The van der Waals surface area contributed by atoms with Crippen LogP contribution in [0.4, 0.5) is 5.69 Å². The summed E-state index contributed by atoms with van der Waals surface area (Å²) in [5.74, 6) is -0.492. The molecule has 3 aromatic carbocycles. The molecule has 0 spiro atoms. The predicted molar refractivity (Wildman–Crippen MR) is 132 cm³/mol. The number of carbonyl (C=O) groups excluding carboxylic acids is 1. The summed E-state index contributed by atoms with van der Waals surface area (Å²) < 4.78 is 27.8. The van der Waals surface area contributed by atoms with E-state index in [0.717, 1.165) is 22.7 Å². The molecule has 0 aliphatic heterocycles. The number of sulfonamides is 1. The number of hydrogen-bond donors (Lipinski definition) is 1. The number of nitrogens with zero attached hydrogens (tertiary/aromatic N) is 2. The van der Waals surface area contributed by atoms with Crippen LogP contribution >= 0.6 is 23.2 Å². The number of benzene rings is 3. The molecule has 6 nitrogen and oxygen atoms in total. The summed E-state index contributed by atoms with van der Waals surface area (Å²) in [5, 5.41) is 13.0. The molecule has 1 amide bonds. The van der Waals surface area contributed by atoms with Crippen molar-refractivity contribution in [1.29, 1.82) is 5.26 Å². The van der Waals surface area contributed by atoms with Crippen LogP contribution in [0.15, 0.2) is 77.7 Å². The molecule has 0 heterocycles. The summed E-state index contributed by atoms with van der Waals surface area (Å²) in [6.45, 7) is -0.441. The molecule has 174 valence electrons. The zero-order valence-electron chi connectivity index (χ0n) is 18.0. The van der Waals surface area contributed by atoms with Gasteiger partial charge in [0.25, 0.3) is 0 Å². The van der Waals surface area contributed by atoms with E-state index in [-0.39, 0.29) is 11.4 Å². The minimum absolute atomic E-state index is 0.0299. The average Bonchev–Trinajstić information content (AvgIpc) is 3.61. The van der Waals surface area contributed by atoms with E-state index in [2.05, 4.69) is 11.4 Å². The van der Waals surface area contributed by atoms with Gasteiger partial charge in [0, 0.05) is 22.3 Å². The molecule has 0 unspecified atom stereocenters. The van der Waals surface area contributed by atoms with Crippen LogP contribution in [-0.4, -0.2) is 25.2 Å². The number of hydrogen-bond acceptors (Lipinski definition) is 4. The van der Waals surface area contributed by atoms with Crippen LogP contribution in [0.25, 0.3) is 0 Å². The Morgan fingerprint density at radius 2 is 1.68 bits per heavy atom. The SMILES string of the molecule is N#CC1(c2ccc(NC(=O)CN(Cc3cccc(Cl)c3)S(=O)(=O)c3ccc(Cl)cc3)cc2)CC1. The first-order valence-electron chi connectivity index (χ1n) is 10.5. The highest BCUT2D eigenvalue weighted by Gasteiger charge is 2.44. The number of carbonyl (C=O) groups is 1. The highest BCUT2D eigenvalue weighted by Crippen LogP contribution is 2.47. The molecular weight excluding hydrogens is 493 g/mol. The summed E-state index contributed by atoms with van der Waals surface area (Å²) in [5.41, 5.74) is 1.67. The molecule has 1 aliphatic rings. The first-order chi connectivity index (χ1) is 16.2. The lowest BCUT2D eigenvalue weighted by Crippen LogP contribution is -2.37. The monoisotopic (exact) mass is 513 g/mol. The third-order valence-corrected chi connectivity index (χ3v) is 8.00. The van der Waals surface area contributed by atoms with Gasteiger partial charge in [-0.05, 0) is 72.5 Å². The van der Waals surface area contributed by atoms with E-state index in [4.69, 9.17) is 23.2 Å². The van der Waals surface area contributed by atoms with Crippen molar-refractivity contribution in [2.45, 2.75) is 29.7 Å². The molecular formula is C25H21Cl2N3O3S. The second kappa shape index (κ2) is 9.77. The Kier molecular flexibility index (Phi) is 6.96. The van der Waals surface area contributed by atoms with Crippen LogP contribution in [0.1, 0.15) is 24.0 Å². The molecule has 1 fully saturated rings. The fourth-order valence-corrected chi connectivity index (χ4v) is 5.37. The Morgan fingerprint density at radius 1 is 1.00 bits per heavy atom. The Bertz CT molecular complexity index is 1350. The molecule has 0 atom stereocenters. The van der Waals surface area contributed by atoms with Gasteiger partial charge in [-0.15, -0.1) is 0 Å². The van der Waals surface area contributed by atoms with Crippen molar-refractivity contribution >= 4 is 44.8 Å². The maximum atomic E-state index is 13.4. The summed E-state index contributed by atoms with van der Waals surface area (Å²) in [6, 6.07) is 22.0. The molecule has 0 bridgehead atoms. The van der Waals surface area contributed by atoms with Crippen molar-refractivity contribution < 1.29 is 13.2 Å². The lowest BCUT2D eigenvalue weighted by Gasteiger charge is -2.22. The largest absolute Gasteiger partial charge is 0.325 e. The van der Waals surface area contributed by atoms with Crippen molar-refractivity contribution in [1.82, 2.24) is 4.31 Å². The van der Waals surface area contributed by atoms with Gasteiger partial charge in [0.15, 0.2) is 0 Å². The van der Waals surface area contributed by atoms with Crippen LogP contribution in [0.2, 0.25) is 10.0 Å². The molecule has 1 aliphatic carbocycles. The van der Waals surface area contributed by atoms with E-state index in [1.165, 1.54) is 24.3 Å². The van der Waals surface area contributed by atoms with Crippen molar-refractivity contribution in [2.24, 2.45) is 0 Å². The van der Waals surface area contributed by atoms with Gasteiger partial charge < -0.3 is 5.32 Å². The number of halogens is 2. The number of amides is 1. The Morgan fingerprint density at radius 3 is 2.26 bits per heavy atom. The Hall–Kier alpha value is -2.89. The summed E-state index contributed by atoms with van der Waals surface area (Å²) in [4.78, 5) is 12.9. The van der Waals surface area contributed by atoms with Gasteiger partial charge in [-0.3, -0.25) is 4.79 Å². The number of nitriles is 1. The first kappa shape index (κ1) is 24.2. The van der Waals surface area contributed by atoms with Crippen LogP contribution in [0.3, 0.4) is 0 Å². The fraction of sp³-hybridized carbons (Fsp3) is 0.200. The average molecular weight is 514 g/mol. The quantitative estimate of drug-likeness (QED) is 0.437. The second-order valence-corrected chi connectivity index (χ2v) is 11.0. The first-order valence-corrected chi connectivity index (χ1v) is 12.7. The zero-order valence-corrected chi connectivity index (χ0v) is 20.4. The lowest BCUT2D eigenvalue weighted by molar-refractivity contribution is -0.116. The fourth-order valence-electron chi connectivity index (χ4n) is 3.64.